The highest BCUT2D eigenvalue weighted by atomic mass is 32.1. The van der Waals surface area contributed by atoms with Crippen molar-refractivity contribution in [3.63, 3.8) is 0 Å². The number of thiocarbonyl (C=S) groups is 1. The molecular weight excluding hydrogens is 390 g/mol. The first-order chi connectivity index (χ1) is 12.8. The molecule has 0 aliphatic heterocycles. The maximum atomic E-state index is 12.1. The van der Waals surface area contributed by atoms with Crippen molar-refractivity contribution >= 4 is 57.2 Å². The number of thiophene rings is 1. The van der Waals surface area contributed by atoms with E-state index in [1.54, 1.807) is 31.2 Å². The quantitative estimate of drug-likeness (QED) is 0.511. The second kappa shape index (κ2) is 8.60. The summed E-state index contributed by atoms with van der Waals surface area (Å²) in [6.07, 6.45) is 0. The molecule has 1 heterocycles. The molecule has 0 aliphatic carbocycles. The van der Waals surface area contributed by atoms with E-state index in [1.165, 1.54) is 14.2 Å². The van der Waals surface area contributed by atoms with E-state index >= 15 is 0 Å². The van der Waals surface area contributed by atoms with Crippen molar-refractivity contribution in [2.75, 3.05) is 24.9 Å². The standard InChI is InChI=1S/C17H17N3O5S2/c1-8-11(15(22)24-2)14(27-12(8)16(23)25-3)20-17(26)19-10-7-5-4-6-9(10)13(18)21/h4-7H,1-3H3,(H2,18,21)(H2,19,20,26). The number of hydrogen-bond donors (Lipinski definition) is 3. The van der Waals surface area contributed by atoms with E-state index in [-0.39, 0.29) is 21.1 Å². The van der Waals surface area contributed by atoms with Gasteiger partial charge in [0.25, 0.3) is 5.91 Å². The third kappa shape index (κ3) is 4.41. The SMILES string of the molecule is COC(=O)c1sc(NC(=S)Nc2ccccc2C(N)=O)c(C(=O)OC)c1C. The van der Waals surface area contributed by atoms with Gasteiger partial charge in [0.1, 0.15) is 9.88 Å². The van der Waals surface area contributed by atoms with E-state index in [2.05, 4.69) is 10.6 Å². The Morgan fingerprint density at radius 2 is 1.70 bits per heavy atom. The largest absolute Gasteiger partial charge is 0.465 e. The van der Waals surface area contributed by atoms with E-state index in [4.69, 9.17) is 27.4 Å². The van der Waals surface area contributed by atoms with Gasteiger partial charge in [-0.1, -0.05) is 12.1 Å². The number of nitrogens with one attached hydrogen (secondary N) is 2. The Morgan fingerprint density at radius 3 is 2.30 bits per heavy atom. The molecule has 4 N–H and O–H groups in total. The van der Waals surface area contributed by atoms with Crippen LogP contribution in [-0.4, -0.2) is 37.2 Å². The Labute approximate surface area is 164 Å². The minimum absolute atomic E-state index is 0.103. The summed E-state index contributed by atoms with van der Waals surface area (Å²) in [6.45, 7) is 1.61. The molecule has 0 radical (unpaired) electrons. The summed E-state index contributed by atoms with van der Waals surface area (Å²) in [5.74, 6) is -1.81. The number of para-hydroxylation sites is 1. The van der Waals surface area contributed by atoms with Gasteiger partial charge in [0.2, 0.25) is 0 Å². The van der Waals surface area contributed by atoms with Crippen molar-refractivity contribution in [1.29, 1.82) is 0 Å². The predicted octanol–water partition coefficient (Wildman–Crippen LogP) is 2.54. The van der Waals surface area contributed by atoms with Crippen LogP contribution in [0.15, 0.2) is 24.3 Å². The van der Waals surface area contributed by atoms with Gasteiger partial charge < -0.3 is 25.8 Å². The second-order valence-corrected chi connectivity index (χ2v) is 6.66. The topological polar surface area (TPSA) is 120 Å². The van der Waals surface area contributed by atoms with Gasteiger partial charge in [0.05, 0.1) is 31.0 Å². The molecule has 0 saturated heterocycles. The van der Waals surface area contributed by atoms with Crippen LogP contribution >= 0.6 is 23.6 Å². The van der Waals surface area contributed by atoms with Crippen LogP contribution in [0.5, 0.6) is 0 Å². The minimum Gasteiger partial charge on any atom is -0.465 e. The number of nitrogens with two attached hydrogens (primary N) is 1. The number of primary amides is 1. The maximum Gasteiger partial charge on any atom is 0.348 e. The number of carbonyl (C=O) groups is 3. The lowest BCUT2D eigenvalue weighted by Gasteiger charge is -2.12. The lowest BCUT2D eigenvalue weighted by atomic mass is 10.1. The summed E-state index contributed by atoms with van der Waals surface area (Å²) in [6, 6.07) is 6.57. The van der Waals surface area contributed by atoms with Gasteiger partial charge in [-0.2, -0.15) is 0 Å². The molecule has 0 unspecified atom stereocenters. The zero-order chi connectivity index (χ0) is 20.1. The van der Waals surface area contributed by atoms with Gasteiger partial charge in [-0.3, -0.25) is 4.79 Å². The number of anilines is 2. The van der Waals surface area contributed by atoms with E-state index in [9.17, 15) is 14.4 Å². The Hall–Kier alpha value is -2.98. The van der Waals surface area contributed by atoms with Crippen LogP contribution in [0.1, 0.15) is 36.0 Å². The van der Waals surface area contributed by atoms with Crippen LogP contribution in [0.2, 0.25) is 0 Å². The van der Waals surface area contributed by atoms with Crippen molar-refractivity contribution in [3.05, 3.63) is 45.8 Å². The van der Waals surface area contributed by atoms with Crippen LogP contribution in [0.3, 0.4) is 0 Å². The fourth-order valence-corrected chi connectivity index (χ4v) is 3.69. The summed E-state index contributed by atoms with van der Waals surface area (Å²) in [5.41, 5.74) is 6.60. The van der Waals surface area contributed by atoms with Gasteiger partial charge in [0, 0.05) is 0 Å². The molecule has 142 valence electrons. The zero-order valence-corrected chi connectivity index (χ0v) is 16.4. The number of ether oxygens (including phenoxy) is 2. The van der Waals surface area contributed by atoms with Crippen LogP contribution in [0, 0.1) is 6.92 Å². The first kappa shape index (κ1) is 20.3. The van der Waals surface area contributed by atoms with Crippen LogP contribution in [-0.2, 0) is 9.47 Å². The third-order valence-electron chi connectivity index (χ3n) is 3.57. The molecule has 0 bridgehead atoms. The van der Waals surface area contributed by atoms with Crippen LogP contribution in [0.4, 0.5) is 10.7 Å². The molecule has 27 heavy (non-hydrogen) atoms. The summed E-state index contributed by atoms with van der Waals surface area (Å²) in [5, 5.41) is 6.13. The molecule has 10 heteroatoms. The molecular formula is C17H17N3O5S2. The van der Waals surface area contributed by atoms with E-state index in [0.29, 0.717) is 16.3 Å². The number of esters is 2. The number of carbonyl (C=O) groups excluding carboxylic acids is 3. The number of rotatable bonds is 5. The molecule has 0 fully saturated rings. The van der Waals surface area contributed by atoms with Gasteiger partial charge >= 0.3 is 11.9 Å². The van der Waals surface area contributed by atoms with Crippen molar-refractivity contribution in [1.82, 2.24) is 0 Å². The average Bonchev–Trinajstić information content (AvgIpc) is 2.96. The van der Waals surface area contributed by atoms with Crippen molar-refractivity contribution in [2.45, 2.75) is 6.92 Å². The van der Waals surface area contributed by atoms with Crippen molar-refractivity contribution < 1.29 is 23.9 Å². The molecule has 0 saturated carbocycles. The van der Waals surface area contributed by atoms with Gasteiger partial charge in [-0.05, 0) is 36.8 Å². The highest BCUT2D eigenvalue weighted by molar-refractivity contribution is 7.80. The number of amides is 1. The highest BCUT2D eigenvalue weighted by Gasteiger charge is 2.26. The summed E-state index contributed by atoms with van der Waals surface area (Å²) < 4.78 is 9.52. The Bertz CT molecular complexity index is 923. The number of benzene rings is 1. The first-order valence-electron chi connectivity index (χ1n) is 7.57. The third-order valence-corrected chi connectivity index (χ3v) is 4.97. The Morgan fingerprint density at radius 1 is 1.07 bits per heavy atom. The molecule has 1 aromatic heterocycles. The summed E-state index contributed by atoms with van der Waals surface area (Å²) in [7, 11) is 2.49. The smallest absolute Gasteiger partial charge is 0.348 e. The molecule has 0 atom stereocenters. The highest BCUT2D eigenvalue weighted by Crippen LogP contribution is 2.34. The fourth-order valence-electron chi connectivity index (χ4n) is 2.30. The lowest BCUT2D eigenvalue weighted by Crippen LogP contribution is -2.22. The first-order valence-corrected chi connectivity index (χ1v) is 8.79. The van der Waals surface area contributed by atoms with Crippen molar-refractivity contribution in [3.8, 4) is 0 Å². The zero-order valence-electron chi connectivity index (χ0n) is 14.7. The van der Waals surface area contributed by atoms with E-state index < -0.39 is 17.8 Å². The fraction of sp³-hybridized carbons (Fsp3) is 0.176. The molecule has 1 aromatic carbocycles. The number of methoxy groups -OCH3 is 2. The molecule has 0 aliphatic rings. The lowest BCUT2D eigenvalue weighted by molar-refractivity contribution is 0.0601. The monoisotopic (exact) mass is 407 g/mol. The molecule has 8 nitrogen and oxygen atoms in total. The van der Waals surface area contributed by atoms with Crippen LogP contribution in [0.25, 0.3) is 0 Å². The normalized spacial score (nSPS) is 10.0. The van der Waals surface area contributed by atoms with Crippen molar-refractivity contribution in [2.24, 2.45) is 5.73 Å². The minimum atomic E-state index is -0.623. The van der Waals surface area contributed by atoms with Crippen LogP contribution < -0.4 is 16.4 Å². The second-order valence-electron chi connectivity index (χ2n) is 5.23. The summed E-state index contributed by atoms with van der Waals surface area (Å²) >= 11 is 6.26. The molecule has 2 rings (SSSR count). The van der Waals surface area contributed by atoms with E-state index in [0.717, 1.165) is 11.3 Å². The van der Waals surface area contributed by atoms with Gasteiger partial charge in [0.15, 0.2) is 5.11 Å². The van der Waals surface area contributed by atoms with Gasteiger partial charge in [-0.25, -0.2) is 9.59 Å². The molecule has 1 amide bonds. The number of hydrogen-bond acceptors (Lipinski definition) is 7. The van der Waals surface area contributed by atoms with E-state index in [1.807, 2.05) is 0 Å². The summed E-state index contributed by atoms with van der Waals surface area (Å²) in [4.78, 5) is 35.8. The molecule has 0 spiro atoms. The predicted molar refractivity (Wildman–Crippen MR) is 107 cm³/mol. The maximum absolute atomic E-state index is 12.1. The Kier molecular flexibility index (Phi) is 6.48. The van der Waals surface area contributed by atoms with Gasteiger partial charge in [-0.15, -0.1) is 11.3 Å². The average molecular weight is 407 g/mol. The Balaban J connectivity index is 2.34. The molecule has 2 aromatic rings.